The van der Waals surface area contributed by atoms with Gasteiger partial charge in [-0.05, 0) is 47.5 Å². The first-order valence-corrected chi connectivity index (χ1v) is 9.82. The van der Waals surface area contributed by atoms with Gasteiger partial charge in [-0.3, -0.25) is 4.90 Å². The third-order valence-electron chi connectivity index (χ3n) is 5.78. The van der Waals surface area contributed by atoms with Crippen molar-refractivity contribution < 1.29 is 4.79 Å². The van der Waals surface area contributed by atoms with E-state index in [0.717, 1.165) is 30.0 Å². The van der Waals surface area contributed by atoms with Crippen LogP contribution >= 0.6 is 11.6 Å². The monoisotopic (exact) mass is 393 g/mol. The normalized spacial score (nSPS) is 22.1. The van der Waals surface area contributed by atoms with Crippen LogP contribution in [0.5, 0.6) is 0 Å². The summed E-state index contributed by atoms with van der Waals surface area (Å²) in [6, 6.07) is 16.5. The van der Waals surface area contributed by atoms with Gasteiger partial charge in [-0.15, -0.1) is 0 Å². The molecule has 2 unspecified atom stereocenters. The van der Waals surface area contributed by atoms with Gasteiger partial charge in [0, 0.05) is 31.5 Å². The summed E-state index contributed by atoms with van der Waals surface area (Å²) in [7, 11) is 0. The van der Waals surface area contributed by atoms with Gasteiger partial charge in [0.25, 0.3) is 0 Å². The average Bonchev–Trinajstić information content (AvgIpc) is 2.97. The van der Waals surface area contributed by atoms with E-state index in [2.05, 4.69) is 46.1 Å². The van der Waals surface area contributed by atoms with Crippen molar-refractivity contribution in [2.75, 3.05) is 29.4 Å². The highest BCUT2D eigenvalue weighted by Crippen LogP contribution is 2.33. The Morgan fingerprint density at radius 3 is 2.71 bits per heavy atom. The van der Waals surface area contributed by atoms with Gasteiger partial charge in [0.1, 0.15) is 5.82 Å². The van der Waals surface area contributed by atoms with Crippen LogP contribution in [-0.4, -0.2) is 52.6 Å². The predicted molar refractivity (Wildman–Crippen MR) is 111 cm³/mol. The Morgan fingerprint density at radius 1 is 1.07 bits per heavy atom. The topological polar surface area (TPSA) is 52.6 Å². The second kappa shape index (κ2) is 6.63. The molecule has 2 aromatic carbocycles. The quantitative estimate of drug-likeness (QED) is 0.621. The molecule has 5 rings (SSSR count). The Bertz CT molecular complexity index is 1060. The number of hydrogen-bond donors (Lipinski definition) is 0. The number of nitrogens with zero attached hydrogens (tertiary/aromatic N) is 5. The zero-order valence-electron chi connectivity index (χ0n) is 15.5. The zero-order valence-corrected chi connectivity index (χ0v) is 16.3. The molecule has 2 aliphatic heterocycles. The second-order valence-electron chi connectivity index (χ2n) is 7.32. The number of carbonyl (C=O) groups is 1. The van der Waals surface area contributed by atoms with Gasteiger partial charge >= 0.3 is 6.03 Å². The zero-order chi connectivity index (χ0) is 19.3. The summed E-state index contributed by atoms with van der Waals surface area (Å²) in [6.07, 6.45) is 1.67. The standard InChI is InChI=1S/C21H20ClN5O/c1-14-18-13-25(19-8-9-23-20(22)24-19)10-11-26(18)21(28)27(14)17-7-6-15-4-2-3-5-16(15)12-17/h2-9,12,14,18H,10-11,13H2,1H3. The molecule has 0 N–H and O–H groups in total. The molecule has 3 heterocycles. The van der Waals surface area contributed by atoms with Crippen molar-refractivity contribution in [3.8, 4) is 0 Å². The highest BCUT2D eigenvalue weighted by Gasteiger charge is 2.46. The lowest BCUT2D eigenvalue weighted by Crippen LogP contribution is -2.53. The van der Waals surface area contributed by atoms with Crippen molar-refractivity contribution in [3.05, 3.63) is 60.0 Å². The van der Waals surface area contributed by atoms with Crippen molar-refractivity contribution in [3.63, 3.8) is 0 Å². The Labute approximate surface area is 168 Å². The molecule has 0 radical (unpaired) electrons. The lowest BCUT2D eigenvalue weighted by molar-refractivity contribution is 0.195. The second-order valence-corrected chi connectivity index (χ2v) is 7.65. The molecule has 0 spiro atoms. The number of rotatable bonds is 2. The highest BCUT2D eigenvalue weighted by atomic mass is 35.5. The molecule has 142 valence electrons. The van der Waals surface area contributed by atoms with Crippen LogP contribution in [-0.2, 0) is 0 Å². The highest BCUT2D eigenvalue weighted by molar-refractivity contribution is 6.28. The molecule has 1 aromatic heterocycles. The fourth-order valence-corrected chi connectivity index (χ4v) is 4.47. The molecule has 3 aromatic rings. The van der Waals surface area contributed by atoms with Crippen LogP contribution in [0, 0.1) is 0 Å². The molecule has 7 heteroatoms. The minimum atomic E-state index is 0.0637. The number of fused-ring (bicyclic) bond motifs is 2. The molecule has 2 aliphatic rings. The Balaban J connectivity index is 1.44. The van der Waals surface area contributed by atoms with Gasteiger partial charge < -0.3 is 9.80 Å². The van der Waals surface area contributed by atoms with Crippen molar-refractivity contribution >= 4 is 39.9 Å². The summed E-state index contributed by atoms with van der Waals surface area (Å²) in [5, 5.41) is 2.56. The van der Waals surface area contributed by atoms with Gasteiger partial charge in [0.05, 0.1) is 12.1 Å². The first-order valence-electron chi connectivity index (χ1n) is 9.44. The molecule has 0 saturated carbocycles. The van der Waals surface area contributed by atoms with E-state index in [9.17, 15) is 4.79 Å². The maximum atomic E-state index is 13.2. The number of amides is 2. The SMILES string of the molecule is CC1C2CN(c3ccnc(Cl)n3)CCN2C(=O)N1c1ccc2ccccc2c1. The summed E-state index contributed by atoms with van der Waals surface area (Å²) >= 11 is 5.96. The number of carbonyl (C=O) groups excluding carboxylic acids is 1. The summed E-state index contributed by atoms with van der Waals surface area (Å²) in [4.78, 5) is 27.6. The van der Waals surface area contributed by atoms with E-state index in [-0.39, 0.29) is 23.4 Å². The number of halogens is 1. The first kappa shape index (κ1) is 17.3. The van der Waals surface area contributed by atoms with E-state index in [0.29, 0.717) is 6.54 Å². The van der Waals surface area contributed by atoms with E-state index in [1.807, 2.05) is 34.1 Å². The predicted octanol–water partition coefficient (Wildman–Crippen LogP) is 3.80. The van der Waals surface area contributed by atoms with Crippen molar-refractivity contribution in [1.29, 1.82) is 0 Å². The summed E-state index contributed by atoms with van der Waals surface area (Å²) in [5.74, 6) is 0.809. The maximum Gasteiger partial charge on any atom is 0.325 e. The lowest BCUT2D eigenvalue weighted by atomic mass is 10.1. The fraction of sp³-hybridized carbons (Fsp3) is 0.286. The van der Waals surface area contributed by atoms with Gasteiger partial charge in [0.15, 0.2) is 0 Å². The number of urea groups is 1. The van der Waals surface area contributed by atoms with Crippen molar-refractivity contribution in [2.24, 2.45) is 0 Å². The number of hydrogen-bond acceptors (Lipinski definition) is 4. The van der Waals surface area contributed by atoms with Crippen molar-refractivity contribution in [1.82, 2.24) is 14.9 Å². The van der Waals surface area contributed by atoms with Crippen LogP contribution in [0.3, 0.4) is 0 Å². The van der Waals surface area contributed by atoms with Crippen LogP contribution < -0.4 is 9.80 Å². The van der Waals surface area contributed by atoms with Crippen LogP contribution in [0.25, 0.3) is 10.8 Å². The molecular formula is C21H20ClN5O. The Morgan fingerprint density at radius 2 is 1.89 bits per heavy atom. The molecule has 0 bridgehead atoms. The van der Waals surface area contributed by atoms with Gasteiger partial charge in [-0.25, -0.2) is 14.8 Å². The summed E-state index contributed by atoms with van der Waals surface area (Å²) in [5.41, 5.74) is 0.947. The third-order valence-corrected chi connectivity index (χ3v) is 5.96. The number of aromatic nitrogens is 2. The molecule has 28 heavy (non-hydrogen) atoms. The molecular weight excluding hydrogens is 374 g/mol. The smallest absolute Gasteiger partial charge is 0.325 e. The minimum Gasteiger partial charge on any atom is -0.353 e. The van der Waals surface area contributed by atoms with E-state index in [4.69, 9.17) is 11.6 Å². The molecule has 0 aliphatic carbocycles. The third kappa shape index (κ3) is 2.76. The molecule has 2 fully saturated rings. The van der Waals surface area contributed by atoms with Gasteiger partial charge in [0.2, 0.25) is 5.28 Å². The largest absolute Gasteiger partial charge is 0.353 e. The van der Waals surface area contributed by atoms with Crippen LogP contribution in [0.2, 0.25) is 5.28 Å². The fourth-order valence-electron chi connectivity index (χ4n) is 4.33. The maximum absolute atomic E-state index is 13.2. The van der Waals surface area contributed by atoms with E-state index in [1.165, 1.54) is 5.39 Å². The van der Waals surface area contributed by atoms with E-state index in [1.54, 1.807) is 6.20 Å². The number of piperazine rings is 1. The first-order chi connectivity index (χ1) is 13.6. The van der Waals surface area contributed by atoms with Gasteiger partial charge in [-0.1, -0.05) is 30.3 Å². The van der Waals surface area contributed by atoms with Crippen LogP contribution in [0.4, 0.5) is 16.3 Å². The summed E-state index contributed by atoms with van der Waals surface area (Å²) in [6.45, 7) is 4.24. The lowest BCUT2D eigenvalue weighted by Gasteiger charge is -2.38. The van der Waals surface area contributed by atoms with Gasteiger partial charge in [-0.2, -0.15) is 0 Å². The summed E-state index contributed by atoms with van der Waals surface area (Å²) < 4.78 is 0. The molecule has 6 nitrogen and oxygen atoms in total. The average molecular weight is 394 g/mol. The Hall–Kier alpha value is -2.86. The van der Waals surface area contributed by atoms with Crippen LogP contribution in [0.15, 0.2) is 54.7 Å². The number of anilines is 2. The number of benzene rings is 2. The Kier molecular flexibility index (Phi) is 4.09. The molecule has 2 atom stereocenters. The van der Waals surface area contributed by atoms with Crippen molar-refractivity contribution in [2.45, 2.75) is 19.0 Å². The van der Waals surface area contributed by atoms with Crippen LogP contribution in [0.1, 0.15) is 6.92 Å². The van der Waals surface area contributed by atoms with E-state index >= 15 is 0 Å². The van der Waals surface area contributed by atoms with E-state index < -0.39 is 0 Å². The minimum absolute atomic E-state index is 0.0637. The molecule has 2 saturated heterocycles. The molecule has 2 amide bonds.